The van der Waals surface area contributed by atoms with Gasteiger partial charge in [0.2, 0.25) is 0 Å². The highest BCUT2D eigenvalue weighted by Gasteiger charge is 2.10. The van der Waals surface area contributed by atoms with Gasteiger partial charge in [0.15, 0.2) is 0 Å². The van der Waals surface area contributed by atoms with Crippen LogP contribution in [0.4, 0.5) is 0 Å². The van der Waals surface area contributed by atoms with Crippen molar-refractivity contribution in [2.24, 2.45) is 0 Å². The Morgan fingerprint density at radius 2 is 1.52 bits per heavy atom. The maximum Gasteiger partial charge on any atom is 0.118 e. The second-order valence-corrected chi connectivity index (χ2v) is 5.41. The van der Waals surface area contributed by atoms with Crippen LogP contribution < -0.4 is 4.74 Å². The summed E-state index contributed by atoms with van der Waals surface area (Å²) in [4.78, 5) is 3.43. The van der Waals surface area contributed by atoms with Crippen molar-refractivity contribution in [3.8, 4) is 28.1 Å². The van der Waals surface area contributed by atoms with Crippen LogP contribution in [0.3, 0.4) is 0 Å². The molecule has 106 valence electrons. The number of benzene rings is 2. The molecule has 3 rings (SSSR count). The molecular formula is C18H16ClNO. The number of methoxy groups -OCH3 is 1. The van der Waals surface area contributed by atoms with Gasteiger partial charge >= 0.3 is 0 Å². The molecule has 0 aliphatic carbocycles. The van der Waals surface area contributed by atoms with Crippen LogP contribution in [0, 0.1) is 6.92 Å². The second kappa shape index (κ2) is 5.66. The number of halogens is 1. The monoisotopic (exact) mass is 297 g/mol. The number of nitrogens with one attached hydrogen (secondary N) is 1. The number of ether oxygens (including phenoxy) is 1. The highest BCUT2D eigenvalue weighted by molar-refractivity contribution is 6.30. The zero-order valence-corrected chi connectivity index (χ0v) is 12.7. The van der Waals surface area contributed by atoms with Crippen LogP contribution in [0.5, 0.6) is 5.75 Å². The standard InChI is InChI=1S/C18H16ClNO/c1-12-11-17(13-5-9-16(21-2)10-6-13)18(20-12)14-3-7-15(19)8-4-14/h3-11,20H,1-2H3. The summed E-state index contributed by atoms with van der Waals surface area (Å²) in [6.45, 7) is 2.06. The Bertz CT molecular complexity index is 742. The Kier molecular flexibility index (Phi) is 3.72. The fourth-order valence-electron chi connectivity index (χ4n) is 2.43. The summed E-state index contributed by atoms with van der Waals surface area (Å²) in [6.07, 6.45) is 0. The third kappa shape index (κ3) is 2.81. The molecule has 0 aliphatic heterocycles. The molecule has 1 aromatic heterocycles. The first-order valence-electron chi connectivity index (χ1n) is 6.77. The number of H-pyrrole nitrogens is 1. The van der Waals surface area contributed by atoms with Gasteiger partial charge in [-0.3, -0.25) is 0 Å². The number of hydrogen-bond acceptors (Lipinski definition) is 1. The van der Waals surface area contributed by atoms with Crippen LogP contribution in [0.25, 0.3) is 22.4 Å². The number of hydrogen-bond donors (Lipinski definition) is 1. The third-order valence-corrected chi connectivity index (χ3v) is 3.74. The zero-order valence-electron chi connectivity index (χ0n) is 12.0. The minimum atomic E-state index is 0.744. The van der Waals surface area contributed by atoms with Crippen LogP contribution in [-0.2, 0) is 0 Å². The lowest BCUT2D eigenvalue weighted by atomic mass is 10.0. The molecule has 3 heteroatoms. The summed E-state index contributed by atoms with van der Waals surface area (Å²) in [5, 5.41) is 0.744. The molecule has 0 amide bonds. The highest BCUT2D eigenvalue weighted by Crippen LogP contribution is 2.33. The Labute approximate surface area is 129 Å². The van der Waals surface area contributed by atoms with E-state index >= 15 is 0 Å². The summed E-state index contributed by atoms with van der Waals surface area (Å²) in [6, 6.07) is 18.1. The van der Waals surface area contributed by atoms with Crippen LogP contribution in [0.15, 0.2) is 54.6 Å². The third-order valence-electron chi connectivity index (χ3n) is 3.49. The van der Waals surface area contributed by atoms with Crippen molar-refractivity contribution in [1.29, 1.82) is 0 Å². The van der Waals surface area contributed by atoms with E-state index in [2.05, 4.69) is 30.1 Å². The summed E-state index contributed by atoms with van der Waals surface area (Å²) in [5.74, 6) is 0.860. The number of aromatic nitrogens is 1. The highest BCUT2D eigenvalue weighted by atomic mass is 35.5. The lowest BCUT2D eigenvalue weighted by Gasteiger charge is -2.06. The molecular weight excluding hydrogens is 282 g/mol. The van der Waals surface area contributed by atoms with E-state index in [9.17, 15) is 0 Å². The van der Waals surface area contributed by atoms with Gasteiger partial charge in [-0.1, -0.05) is 35.9 Å². The van der Waals surface area contributed by atoms with Crippen LogP contribution in [0.2, 0.25) is 5.02 Å². The van der Waals surface area contributed by atoms with Gasteiger partial charge in [-0.05, 0) is 48.4 Å². The summed E-state index contributed by atoms with van der Waals surface area (Å²) in [5.41, 5.74) is 5.70. The molecule has 0 saturated carbocycles. The van der Waals surface area contributed by atoms with E-state index in [0.29, 0.717) is 0 Å². The van der Waals surface area contributed by atoms with E-state index in [1.807, 2.05) is 36.4 Å². The summed E-state index contributed by atoms with van der Waals surface area (Å²) >= 11 is 5.97. The SMILES string of the molecule is COc1ccc(-c2cc(C)[nH]c2-c2ccc(Cl)cc2)cc1. The van der Waals surface area contributed by atoms with E-state index in [4.69, 9.17) is 16.3 Å². The fourth-order valence-corrected chi connectivity index (χ4v) is 2.56. The van der Waals surface area contributed by atoms with Crippen molar-refractivity contribution in [1.82, 2.24) is 4.98 Å². The Hall–Kier alpha value is -2.19. The van der Waals surface area contributed by atoms with E-state index in [1.54, 1.807) is 7.11 Å². The lowest BCUT2D eigenvalue weighted by molar-refractivity contribution is 0.415. The second-order valence-electron chi connectivity index (χ2n) is 4.98. The molecule has 0 atom stereocenters. The van der Waals surface area contributed by atoms with E-state index < -0.39 is 0 Å². The first-order valence-corrected chi connectivity index (χ1v) is 7.15. The fraction of sp³-hybridized carbons (Fsp3) is 0.111. The van der Waals surface area contributed by atoms with Gasteiger partial charge in [0, 0.05) is 16.3 Å². The minimum absolute atomic E-state index is 0.744. The topological polar surface area (TPSA) is 25.0 Å². The maximum atomic E-state index is 5.97. The predicted molar refractivity (Wildman–Crippen MR) is 88.0 cm³/mol. The van der Waals surface area contributed by atoms with Gasteiger partial charge < -0.3 is 9.72 Å². The van der Waals surface area contributed by atoms with E-state index in [-0.39, 0.29) is 0 Å². The molecule has 1 N–H and O–H groups in total. The van der Waals surface area contributed by atoms with Crippen molar-refractivity contribution < 1.29 is 4.74 Å². The van der Waals surface area contributed by atoms with Crippen molar-refractivity contribution >= 4 is 11.6 Å². The smallest absolute Gasteiger partial charge is 0.118 e. The Morgan fingerprint density at radius 3 is 2.14 bits per heavy atom. The minimum Gasteiger partial charge on any atom is -0.497 e. The van der Waals surface area contributed by atoms with E-state index in [0.717, 1.165) is 33.3 Å². The first kappa shape index (κ1) is 13.8. The average Bonchev–Trinajstić information content (AvgIpc) is 2.90. The normalized spacial score (nSPS) is 10.6. The molecule has 0 fully saturated rings. The van der Waals surface area contributed by atoms with Crippen molar-refractivity contribution in [2.45, 2.75) is 6.92 Å². The zero-order chi connectivity index (χ0) is 14.8. The molecule has 0 aliphatic rings. The molecule has 0 bridgehead atoms. The van der Waals surface area contributed by atoms with Gasteiger partial charge in [-0.25, -0.2) is 0 Å². The summed E-state index contributed by atoms with van der Waals surface area (Å²) < 4.78 is 5.22. The van der Waals surface area contributed by atoms with Crippen molar-refractivity contribution in [2.75, 3.05) is 7.11 Å². The molecule has 0 spiro atoms. The number of aromatic amines is 1. The van der Waals surface area contributed by atoms with E-state index in [1.165, 1.54) is 5.56 Å². The maximum absolute atomic E-state index is 5.97. The Balaban J connectivity index is 2.08. The molecule has 0 saturated heterocycles. The lowest BCUT2D eigenvalue weighted by Crippen LogP contribution is -1.84. The van der Waals surface area contributed by atoms with Gasteiger partial charge in [0.25, 0.3) is 0 Å². The quantitative estimate of drug-likeness (QED) is 0.695. The largest absolute Gasteiger partial charge is 0.497 e. The van der Waals surface area contributed by atoms with Crippen molar-refractivity contribution in [3.63, 3.8) is 0 Å². The summed E-state index contributed by atoms with van der Waals surface area (Å²) in [7, 11) is 1.68. The molecule has 2 aromatic carbocycles. The van der Waals surface area contributed by atoms with Gasteiger partial charge in [0.1, 0.15) is 5.75 Å². The van der Waals surface area contributed by atoms with Crippen molar-refractivity contribution in [3.05, 3.63) is 65.3 Å². The molecule has 21 heavy (non-hydrogen) atoms. The Morgan fingerprint density at radius 1 is 0.905 bits per heavy atom. The molecule has 3 aromatic rings. The van der Waals surface area contributed by atoms with Gasteiger partial charge in [-0.15, -0.1) is 0 Å². The van der Waals surface area contributed by atoms with Gasteiger partial charge in [0.05, 0.1) is 12.8 Å². The molecule has 1 heterocycles. The first-order chi connectivity index (χ1) is 10.2. The van der Waals surface area contributed by atoms with Gasteiger partial charge in [-0.2, -0.15) is 0 Å². The average molecular weight is 298 g/mol. The molecule has 0 radical (unpaired) electrons. The molecule has 2 nitrogen and oxygen atoms in total. The molecule has 0 unspecified atom stereocenters. The number of rotatable bonds is 3. The number of aryl methyl sites for hydroxylation is 1. The van der Waals surface area contributed by atoms with Crippen LogP contribution in [-0.4, -0.2) is 12.1 Å². The predicted octanol–water partition coefficient (Wildman–Crippen LogP) is 5.32. The van der Waals surface area contributed by atoms with Crippen LogP contribution >= 0.6 is 11.6 Å². The van der Waals surface area contributed by atoms with Crippen LogP contribution in [0.1, 0.15) is 5.69 Å².